The Morgan fingerprint density at radius 1 is 1.46 bits per heavy atom. The number of halogens is 3. The Hall–Kier alpha value is 0.110. The second kappa shape index (κ2) is 3.06. The van der Waals surface area contributed by atoms with Crippen LogP contribution >= 0.6 is 11.6 Å². The number of nitrogens with zero attached hydrogens (tertiary/aromatic N) is 1. The van der Waals surface area contributed by atoms with Gasteiger partial charge in [0.25, 0.3) is 5.92 Å². The van der Waals surface area contributed by atoms with Crippen molar-refractivity contribution in [1.29, 1.82) is 0 Å². The van der Waals surface area contributed by atoms with Gasteiger partial charge in [0.1, 0.15) is 0 Å². The summed E-state index contributed by atoms with van der Waals surface area (Å²) in [5.74, 6) is -2.34. The first-order valence-electron chi connectivity index (χ1n) is 4.73. The summed E-state index contributed by atoms with van der Waals surface area (Å²) >= 11 is 6.00. The van der Waals surface area contributed by atoms with Crippen LogP contribution in [0.5, 0.6) is 0 Å². The monoisotopic (exact) mass is 209 g/mol. The van der Waals surface area contributed by atoms with Gasteiger partial charge in [0.2, 0.25) is 0 Å². The number of likely N-dealkylation sites (tertiary alicyclic amines) is 1. The van der Waals surface area contributed by atoms with Crippen LogP contribution in [0.1, 0.15) is 13.3 Å². The van der Waals surface area contributed by atoms with Crippen LogP contribution < -0.4 is 0 Å². The van der Waals surface area contributed by atoms with Gasteiger partial charge in [-0.2, -0.15) is 0 Å². The predicted molar refractivity (Wildman–Crippen MR) is 48.3 cm³/mol. The summed E-state index contributed by atoms with van der Waals surface area (Å²) in [6.45, 7) is 4.25. The highest BCUT2D eigenvalue weighted by molar-refractivity contribution is 6.21. The quantitative estimate of drug-likeness (QED) is 0.631. The first-order chi connectivity index (χ1) is 5.99. The maximum Gasteiger partial charge on any atom is 0.252 e. The molecule has 1 heterocycles. The Morgan fingerprint density at radius 3 is 2.46 bits per heavy atom. The molecule has 4 heteroatoms. The molecule has 0 aromatic heterocycles. The van der Waals surface area contributed by atoms with Crippen LogP contribution in [0.4, 0.5) is 8.78 Å². The average molecular weight is 210 g/mol. The van der Waals surface area contributed by atoms with Crippen LogP contribution in [0.25, 0.3) is 0 Å². The summed E-state index contributed by atoms with van der Waals surface area (Å²) in [6.07, 6.45) is 0.0742. The van der Waals surface area contributed by atoms with E-state index in [4.69, 9.17) is 11.6 Å². The standard InChI is InChI=1S/C9H14ClF2N/c1-6-3-13(5-8(6)10)4-7-2-9(7,11)12/h6-8H,2-5H2,1H3. The first-order valence-corrected chi connectivity index (χ1v) is 5.17. The van der Waals surface area contributed by atoms with Gasteiger partial charge in [0, 0.05) is 32.0 Å². The summed E-state index contributed by atoms with van der Waals surface area (Å²) in [4.78, 5) is 2.06. The molecule has 2 fully saturated rings. The zero-order valence-corrected chi connectivity index (χ0v) is 8.40. The summed E-state index contributed by atoms with van der Waals surface area (Å²) in [5, 5.41) is 0.146. The highest BCUT2D eigenvalue weighted by Crippen LogP contribution is 2.49. The molecular weight excluding hydrogens is 196 g/mol. The molecule has 13 heavy (non-hydrogen) atoms. The van der Waals surface area contributed by atoms with E-state index in [1.54, 1.807) is 0 Å². The highest BCUT2D eigenvalue weighted by Gasteiger charge is 2.57. The van der Waals surface area contributed by atoms with Crippen molar-refractivity contribution in [1.82, 2.24) is 4.90 Å². The molecule has 3 unspecified atom stereocenters. The van der Waals surface area contributed by atoms with E-state index in [1.807, 2.05) is 0 Å². The number of hydrogen-bond donors (Lipinski definition) is 0. The lowest BCUT2D eigenvalue weighted by atomic mass is 10.2. The topological polar surface area (TPSA) is 3.24 Å². The van der Waals surface area contributed by atoms with E-state index < -0.39 is 11.8 Å². The van der Waals surface area contributed by atoms with Crippen LogP contribution in [0.15, 0.2) is 0 Å². The highest BCUT2D eigenvalue weighted by atomic mass is 35.5. The van der Waals surface area contributed by atoms with Gasteiger partial charge in [-0.25, -0.2) is 8.78 Å². The molecule has 0 aromatic carbocycles. The van der Waals surface area contributed by atoms with Crippen LogP contribution in [-0.2, 0) is 0 Å². The van der Waals surface area contributed by atoms with E-state index in [0.29, 0.717) is 12.5 Å². The minimum absolute atomic E-state index is 0.0742. The molecule has 2 rings (SSSR count). The van der Waals surface area contributed by atoms with Crippen molar-refractivity contribution in [2.24, 2.45) is 11.8 Å². The van der Waals surface area contributed by atoms with Gasteiger partial charge in [-0.1, -0.05) is 6.92 Å². The third-order valence-corrected chi connectivity index (χ3v) is 3.60. The lowest BCUT2D eigenvalue weighted by Crippen LogP contribution is -2.25. The molecule has 0 aromatic rings. The fraction of sp³-hybridized carbons (Fsp3) is 1.00. The number of hydrogen-bond acceptors (Lipinski definition) is 1. The van der Waals surface area contributed by atoms with Gasteiger partial charge in [-0.3, -0.25) is 0 Å². The van der Waals surface area contributed by atoms with Crippen molar-refractivity contribution < 1.29 is 8.78 Å². The largest absolute Gasteiger partial charge is 0.301 e. The van der Waals surface area contributed by atoms with Gasteiger partial charge in [-0.15, -0.1) is 11.6 Å². The summed E-state index contributed by atoms with van der Waals surface area (Å²) < 4.78 is 25.2. The predicted octanol–water partition coefficient (Wildman–Crippen LogP) is 2.20. The van der Waals surface area contributed by atoms with E-state index in [0.717, 1.165) is 13.1 Å². The van der Waals surface area contributed by atoms with Crippen molar-refractivity contribution in [3.8, 4) is 0 Å². The lowest BCUT2D eigenvalue weighted by molar-refractivity contribution is 0.0897. The Labute approximate surface area is 82.0 Å². The van der Waals surface area contributed by atoms with E-state index in [1.165, 1.54) is 0 Å². The average Bonchev–Trinajstić information content (AvgIpc) is 2.44. The smallest absolute Gasteiger partial charge is 0.252 e. The third-order valence-electron chi connectivity index (χ3n) is 3.03. The van der Waals surface area contributed by atoms with Crippen LogP contribution in [0.3, 0.4) is 0 Å². The molecule has 0 amide bonds. The van der Waals surface area contributed by atoms with Gasteiger partial charge < -0.3 is 4.90 Å². The van der Waals surface area contributed by atoms with E-state index in [9.17, 15) is 8.78 Å². The molecule has 1 aliphatic carbocycles. The van der Waals surface area contributed by atoms with Crippen molar-refractivity contribution in [3.63, 3.8) is 0 Å². The molecule has 0 bridgehead atoms. The van der Waals surface area contributed by atoms with Crippen molar-refractivity contribution in [3.05, 3.63) is 0 Å². The normalized spacial score (nSPS) is 43.8. The maximum absolute atomic E-state index is 12.6. The first kappa shape index (κ1) is 9.66. The SMILES string of the molecule is CC1CN(CC2CC2(F)F)CC1Cl. The molecule has 0 radical (unpaired) electrons. The summed E-state index contributed by atoms with van der Waals surface area (Å²) in [7, 11) is 0. The Bertz CT molecular complexity index is 200. The number of alkyl halides is 3. The van der Waals surface area contributed by atoms with Gasteiger partial charge in [0.15, 0.2) is 0 Å². The Morgan fingerprint density at radius 2 is 2.08 bits per heavy atom. The van der Waals surface area contributed by atoms with E-state index in [-0.39, 0.29) is 11.8 Å². The van der Waals surface area contributed by atoms with E-state index >= 15 is 0 Å². The Kier molecular flexibility index (Phi) is 2.27. The van der Waals surface area contributed by atoms with Gasteiger partial charge in [-0.05, 0) is 5.92 Å². The van der Waals surface area contributed by atoms with Gasteiger partial charge >= 0.3 is 0 Å². The maximum atomic E-state index is 12.6. The number of rotatable bonds is 2. The second-order valence-corrected chi connectivity index (χ2v) is 4.93. The van der Waals surface area contributed by atoms with Crippen LogP contribution in [0, 0.1) is 11.8 Å². The summed E-state index contributed by atoms with van der Waals surface area (Å²) in [6, 6.07) is 0. The zero-order chi connectivity index (χ0) is 9.64. The minimum Gasteiger partial charge on any atom is -0.301 e. The van der Waals surface area contributed by atoms with Gasteiger partial charge in [0.05, 0.1) is 5.38 Å². The van der Waals surface area contributed by atoms with Crippen LogP contribution in [-0.4, -0.2) is 35.8 Å². The molecule has 1 saturated carbocycles. The molecule has 1 nitrogen and oxygen atoms in total. The van der Waals surface area contributed by atoms with Crippen molar-refractivity contribution in [2.75, 3.05) is 19.6 Å². The second-order valence-electron chi connectivity index (χ2n) is 4.37. The fourth-order valence-electron chi connectivity index (χ4n) is 1.95. The molecular formula is C9H14ClF2N. The van der Waals surface area contributed by atoms with Crippen LogP contribution in [0.2, 0.25) is 0 Å². The molecule has 0 spiro atoms. The summed E-state index contributed by atoms with van der Waals surface area (Å²) in [5.41, 5.74) is 0. The molecule has 0 N–H and O–H groups in total. The van der Waals surface area contributed by atoms with E-state index in [2.05, 4.69) is 11.8 Å². The fourth-order valence-corrected chi connectivity index (χ4v) is 2.23. The molecule has 76 valence electrons. The molecule has 3 atom stereocenters. The van der Waals surface area contributed by atoms with Crippen molar-refractivity contribution in [2.45, 2.75) is 24.6 Å². The molecule has 1 saturated heterocycles. The molecule has 1 aliphatic heterocycles. The molecule has 2 aliphatic rings. The zero-order valence-electron chi connectivity index (χ0n) is 7.64. The lowest BCUT2D eigenvalue weighted by Gasteiger charge is -2.13. The Balaban J connectivity index is 1.79. The van der Waals surface area contributed by atoms with Crippen molar-refractivity contribution >= 4 is 11.6 Å². The third kappa shape index (κ3) is 1.96. The minimum atomic E-state index is -2.38.